The topological polar surface area (TPSA) is 46.6 Å². The molecule has 0 unspecified atom stereocenters. The molecule has 4 nitrogen and oxygen atoms in total. The van der Waals surface area contributed by atoms with Crippen molar-refractivity contribution in [2.45, 2.75) is 6.92 Å². The zero-order valence-corrected chi connectivity index (χ0v) is 17.0. The van der Waals surface area contributed by atoms with E-state index < -0.39 is 6.09 Å². The predicted octanol–water partition coefficient (Wildman–Crippen LogP) is 5.31. The molecule has 1 heterocycles. The molecule has 1 aliphatic heterocycles. The Morgan fingerprint density at radius 3 is 1.77 bits per heavy atom. The van der Waals surface area contributed by atoms with Gasteiger partial charge in [0.2, 0.25) is 0 Å². The number of allylic oxidation sites excluding steroid dienone is 4. The summed E-state index contributed by atoms with van der Waals surface area (Å²) in [6.07, 6.45) is 10.7. The normalized spacial score (nSPS) is 17.4. The summed E-state index contributed by atoms with van der Waals surface area (Å²) in [5.41, 5.74) is 3.20. The van der Waals surface area contributed by atoms with E-state index in [1.807, 2.05) is 85.0 Å². The molecule has 1 fully saturated rings. The summed E-state index contributed by atoms with van der Waals surface area (Å²) >= 11 is 0. The molecule has 0 bridgehead atoms. The fraction of sp³-hybridized carbons (Fsp3) is 0.154. The van der Waals surface area contributed by atoms with Gasteiger partial charge in [0.05, 0.1) is 19.7 Å². The molecule has 3 rings (SSSR count). The summed E-state index contributed by atoms with van der Waals surface area (Å²) in [6, 6.07) is 19.7. The average Bonchev–Trinajstić information content (AvgIpc) is 2.77. The Morgan fingerprint density at radius 2 is 1.33 bits per heavy atom. The summed E-state index contributed by atoms with van der Waals surface area (Å²) < 4.78 is 5.15. The molecule has 0 radical (unpaired) electrons. The van der Waals surface area contributed by atoms with Gasteiger partial charge in [-0.3, -0.25) is 9.69 Å². The van der Waals surface area contributed by atoms with Crippen LogP contribution in [0.1, 0.15) is 18.1 Å². The van der Waals surface area contributed by atoms with Gasteiger partial charge < -0.3 is 4.74 Å². The minimum absolute atomic E-state index is 0.0500. The van der Waals surface area contributed by atoms with Crippen LogP contribution in [0.2, 0.25) is 0 Å². The van der Waals surface area contributed by atoms with E-state index in [0.717, 1.165) is 11.1 Å². The summed E-state index contributed by atoms with van der Waals surface area (Å²) in [5, 5.41) is 0. The molecule has 0 aliphatic carbocycles. The molecule has 30 heavy (non-hydrogen) atoms. The summed E-state index contributed by atoms with van der Waals surface area (Å²) in [4.78, 5) is 26.8. The largest absolute Gasteiger partial charge is 0.450 e. The van der Waals surface area contributed by atoms with E-state index in [1.165, 1.54) is 0 Å². The fourth-order valence-corrected chi connectivity index (χ4v) is 3.10. The average molecular weight is 399 g/mol. The molecule has 1 amide bonds. The van der Waals surface area contributed by atoms with Crippen molar-refractivity contribution in [2.24, 2.45) is 0 Å². The smallest absolute Gasteiger partial charge is 0.410 e. The van der Waals surface area contributed by atoms with Gasteiger partial charge in [-0.1, -0.05) is 97.1 Å². The van der Waals surface area contributed by atoms with Gasteiger partial charge >= 0.3 is 6.09 Å². The Morgan fingerprint density at radius 1 is 0.867 bits per heavy atom. The maximum absolute atomic E-state index is 13.0. The van der Waals surface area contributed by atoms with Crippen LogP contribution in [0, 0.1) is 0 Å². The third kappa shape index (κ3) is 5.92. The van der Waals surface area contributed by atoms with E-state index in [0.29, 0.717) is 17.8 Å². The van der Waals surface area contributed by atoms with Gasteiger partial charge in [0.1, 0.15) is 0 Å². The lowest BCUT2D eigenvalue weighted by Crippen LogP contribution is -2.42. The van der Waals surface area contributed by atoms with E-state index >= 15 is 0 Å². The monoisotopic (exact) mass is 399 g/mol. The van der Waals surface area contributed by atoms with Crippen LogP contribution in [0.4, 0.5) is 4.79 Å². The fourth-order valence-electron chi connectivity index (χ4n) is 3.10. The maximum Gasteiger partial charge on any atom is 0.410 e. The summed E-state index contributed by atoms with van der Waals surface area (Å²) in [6.45, 7) is 2.53. The number of benzene rings is 2. The number of likely N-dealkylation sites (tertiary alicyclic amines) is 1. The highest BCUT2D eigenvalue weighted by Gasteiger charge is 2.29. The van der Waals surface area contributed by atoms with Gasteiger partial charge in [0, 0.05) is 11.1 Å². The first-order valence-electron chi connectivity index (χ1n) is 9.98. The lowest BCUT2D eigenvalue weighted by Gasteiger charge is -2.28. The Bertz CT molecular complexity index is 914. The van der Waals surface area contributed by atoms with Gasteiger partial charge in [-0.15, -0.1) is 0 Å². The van der Waals surface area contributed by atoms with Crippen LogP contribution in [0.25, 0.3) is 12.2 Å². The number of hydrogen-bond acceptors (Lipinski definition) is 3. The lowest BCUT2D eigenvalue weighted by atomic mass is 9.97. The summed E-state index contributed by atoms with van der Waals surface area (Å²) in [7, 11) is 0. The molecule has 0 N–H and O–H groups in total. The molecule has 4 heteroatoms. The van der Waals surface area contributed by atoms with Crippen molar-refractivity contribution < 1.29 is 14.3 Å². The number of amides is 1. The van der Waals surface area contributed by atoms with Crippen molar-refractivity contribution in [1.29, 1.82) is 0 Å². The van der Waals surface area contributed by atoms with Crippen molar-refractivity contribution in [3.8, 4) is 0 Å². The molecule has 152 valence electrons. The van der Waals surface area contributed by atoms with Crippen molar-refractivity contribution in [1.82, 2.24) is 4.90 Å². The number of rotatable bonds is 5. The molecule has 1 aliphatic rings. The molecular weight excluding hydrogens is 374 g/mol. The van der Waals surface area contributed by atoms with Crippen LogP contribution in [0.5, 0.6) is 0 Å². The molecule has 1 saturated heterocycles. The third-order valence-corrected chi connectivity index (χ3v) is 4.60. The highest BCUT2D eigenvalue weighted by atomic mass is 16.6. The number of ketones is 1. The molecular formula is C26H25NO3. The van der Waals surface area contributed by atoms with Crippen LogP contribution in [-0.2, 0) is 9.53 Å². The Labute approximate surface area is 177 Å². The van der Waals surface area contributed by atoms with Crippen LogP contribution >= 0.6 is 0 Å². The van der Waals surface area contributed by atoms with Crippen molar-refractivity contribution >= 4 is 24.0 Å². The zero-order valence-electron chi connectivity index (χ0n) is 17.0. The van der Waals surface area contributed by atoms with E-state index in [9.17, 15) is 9.59 Å². The second kappa shape index (κ2) is 10.8. The van der Waals surface area contributed by atoms with E-state index in [-0.39, 0.29) is 18.9 Å². The van der Waals surface area contributed by atoms with E-state index in [4.69, 9.17) is 4.74 Å². The van der Waals surface area contributed by atoms with Gasteiger partial charge in [-0.05, 0) is 18.1 Å². The number of hydrogen-bond donors (Lipinski definition) is 0. The van der Waals surface area contributed by atoms with Crippen molar-refractivity contribution in [3.05, 3.63) is 107 Å². The van der Waals surface area contributed by atoms with Crippen LogP contribution < -0.4 is 0 Å². The van der Waals surface area contributed by atoms with Crippen molar-refractivity contribution in [2.75, 3.05) is 19.7 Å². The maximum atomic E-state index is 13.0. The number of piperidine rings is 1. The second-order valence-electron chi connectivity index (χ2n) is 6.81. The van der Waals surface area contributed by atoms with Gasteiger partial charge in [-0.25, -0.2) is 4.79 Å². The first kappa shape index (κ1) is 21.1. The minimum Gasteiger partial charge on any atom is -0.450 e. The standard InChI is InChI=1S/C26H25NO3/c1-2-30-26(29)27-19-23(17-9-15-21-11-5-3-6-12-21)25(28)24(20-27)18-10-16-22-13-7-4-8-14-22/h3-18H,2,19-20H2,1H3/b15-9+,16-10+,23-17+,24-18+. The number of carbonyl (C=O) groups excluding carboxylic acids is 2. The highest BCUT2D eigenvalue weighted by Crippen LogP contribution is 2.19. The molecule has 2 aromatic carbocycles. The van der Waals surface area contributed by atoms with E-state index in [1.54, 1.807) is 24.0 Å². The van der Waals surface area contributed by atoms with E-state index in [2.05, 4.69) is 0 Å². The van der Waals surface area contributed by atoms with Crippen molar-refractivity contribution in [3.63, 3.8) is 0 Å². The Kier molecular flexibility index (Phi) is 7.56. The highest BCUT2D eigenvalue weighted by molar-refractivity contribution is 6.10. The Balaban J connectivity index is 1.82. The predicted molar refractivity (Wildman–Crippen MR) is 121 cm³/mol. The van der Waals surface area contributed by atoms with Crippen LogP contribution in [0.3, 0.4) is 0 Å². The third-order valence-electron chi connectivity index (χ3n) is 4.60. The van der Waals surface area contributed by atoms with Gasteiger partial charge in [-0.2, -0.15) is 0 Å². The second-order valence-corrected chi connectivity index (χ2v) is 6.81. The van der Waals surface area contributed by atoms with Gasteiger partial charge in [0.25, 0.3) is 0 Å². The first-order chi connectivity index (χ1) is 14.7. The SMILES string of the molecule is CCOC(=O)N1C/C(=C\C=C\c2ccccc2)C(=O)/C(=C/C=C/c2ccccc2)C1. The quantitative estimate of drug-likeness (QED) is 0.641. The number of nitrogens with zero attached hydrogens (tertiary/aromatic N) is 1. The summed E-state index contributed by atoms with van der Waals surface area (Å²) in [5.74, 6) is -0.0500. The number of ether oxygens (including phenoxy) is 1. The van der Waals surface area contributed by atoms with Crippen LogP contribution in [-0.4, -0.2) is 36.5 Å². The molecule has 0 atom stereocenters. The Hall–Kier alpha value is -3.66. The molecule has 0 aromatic heterocycles. The lowest BCUT2D eigenvalue weighted by molar-refractivity contribution is -0.113. The minimum atomic E-state index is -0.416. The number of carbonyl (C=O) groups is 2. The van der Waals surface area contributed by atoms with Gasteiger partial charge in [0.15, 0.2) is 5.78 Å². The zero-order chi connectivity index (χ0) is 21.2. The molecule has 0 saturated carbocycles. The number of Topliss-reactive ketones (excluding diaryl/α,β-unsaturated/α-hetero) is 1. The first-order valence-corrected chi connectivity index (χ1v) is 9.98. The molecule has 0 spiro atoms. The molecule has 2 aromatic rings. The van der Waals surface area contributed by atoms with Crippen LogP contribution in [0.15, 0.2) is 96.1 Å².